The van der Waals surface area contributed by atoms with Crippen LogP contribution >= 0.6 is 0 Å². The van der Waals surface area contributed by atoms with Crippen LogP contribution in [0.1, 0.15) is 24.1 Å². The van der Waals surface area contributed by atoms with Crippen molar-refractivity contribution in [3.63, 3.8) is 0 Å². The first-order valence-electron chi connectivity index (χ1n) is 4.28. The molecule has 0 fully saturated rings. The predicted octanol–water partition coefficient (Wildman–Crippen LogP) is 3.33. The average molecular weight is 216 g/mol. The van der Waals surface area contributed by atoms with E-state index in [-0.39, 0.29) is 5.69 Å². The number of imidazole rings is 1. The molecule has 0 amide bonds. The van der Waals surface area contributed by atoms with E-state index in [1.165, 1.54) is 6.08 Å². The summed E-state index contributed by atoms with van der Waals surface area (Å²) < 4.78 is 36.7. The van der Waals surface area contributed by atoms with E-state index < -0.39 is 12.0 Å². The number of nitrogens with one attached hydrogen (secondary N) is 1. The largest absolute Gasteiger partial charge is 0.449 e. The lowest BCUT2D eigenvalue weighted by molar-refractivity contribution is -0.144. The zero-order valence-corrected chi connectivity index (χ0v) is 8.44. The Morgan fingerprint density at radius 3 is 2.47 bits per heavy atom. The number of aromatic nitrogens is 2. The van der Waals surface area contributed by atoms with Crippen molar-refractivity contribution in [1.29, 1.82) is 0 Å². The molecule has 1 N–H and O–H groups in total. The van der Waals surface area contributed by atoms with Gasteiger partial charge in [-0.25, -0.2) is 4.98 Å². The molecule has 1 aromatic heterocycles. The van der Waals surface area contributed by atoms with Gasteiger partial charge in [0.05, 0.1) is 5.69 Å². The van der Waals surface area contributed by atoms with Crippen molar-refractivity contribution < 1.29 is 13.2 Å². The second kappa shape index (κ2) is 3.92. The van der Waals surface area contributed by atoms with Gasteiger partial charge >= 0.3 is 6.18 Å². The van der Waals surface area contributed by atoms with E-state index in [0.717, 1.165) is 5.57 Å². The van der Waals surface area contributed by atoms with Crippen molar-refractivity contribution in [3.05, 3.63) is 35.4 Å². The molecule has 1 heterocycles. The normalized spacial score (nSPS) is 12.3. The Labute approximate surface area is 85.5 Å². The molecule has 0 saturated heterocycles. The summed E-state index contributed by atoms with van der Waals surface area (Å²) in [6.07, 6.45) is -1.31. The van der Waals surface area contributed by atoms with Crippen LogP contribution in [0.4, 0.5) is 13.2 Å². The molecule has 15 heavy (non-hydrogen) atoms. The molecule has 0 spiro atoms. The summed E-state index contributed by atoms with van der Waals surface area (Å²) in [6, 6.07) is 0. The first-order valence-corrected chi connectivity index (χ1v) is 4.28. The molecular weight excluding hydrogens is 205 g/mol. The van der Waals surface area contributed by atoms with Crippen LogP contribution in [0.25, 0.3) is 6.08 Å². The van der Waals surface area contributed by atoms with Gasteiger partial charge in [-0.05, 0) is 19.9 Å². The Balaban J connectivity index is 3.02. The maximum atomic E-state index is 12.2. The number of hydrogen-bond acceptors (Lipinski definition) is 1. The summed E-state index contributed by atoms with van der Waals surface area (Å²) in [7, 11) is 0. The highest BCUT2D eigenvalue weighted by Gasteiger charge is 2.34. The third-order valence-electron chi connectivity index (χ3n) is 1.72. The van der Waals surface area contributed by atoms with E-state index in [0.29, 0.717) is 5.69 Å². The van der Waals surface area contributed by atoms with Gasteiger partial charge in [-0.1, -0.05) is 18.2 Å². The Kier molecular flexibility index (Phi) is 3.02. The molecule has 82 valence electrons. The van der Waals surface area contributed by atoms with E-state index in [4.69, 9.17) is 0 Å². The third-order valence-corrected chi connectivity index (χ3v) is 1.72. The van der Waals surface area contributed by atoms with Crippen molar-refractivity contribution in [2.24, 2.45) is 0 Å². The van der Waals surface area contributed by atoms with Crippen molar-refractivity contribution >= 4 is 6.08 Å². The molecule has 0 aliphatic rings. The fraction of sp³-hybridized carbons (Fsp3) is 0.300. The number of halogens is 3. The van der Waals surface area contributed by atoms with Gasteiger partial charge in [0.15, 0.2) is 0 Å². The maximum Gasteiger partial charge on any atom is 0.449 e. The fourth-order valence-corrected chi connectivity index (χ4v) is 0.992. The van der Waals surface area contributed by atoms with E-state index in [2.05, 4.69) is 16.5 Å². The van der Waals surface area contributed by atoms with Gasteiger partial charge in [0.1, 0.15) is 0 Å². The minimum atomic E-state index is -4.43. The van der Waals surface area contributed by atoms with Gasteiger partial charge in [-0.3, -0.25) is 0 Å². The molecule has 1 aromatic rings. The standard InChI is InChI=1S/C10H11F3N2/c1-6(2)4-5-8-7(3)14-9(15-8)10(11,12)13/h4-5H,1H2,2-3H3,(H,14,15)/b5-4-. The molecule has 0 atom stereocenters. The molecule has 2 nitrogen and oxygen atoms in total. The number of nitrogens with zero attached hydrogens (tertiary/aromatic N) is 1. The number of H-pyrrole nitrogens is 1. The molecule has 0 radical (unpaired) electrons. The van der Waals surface area contributed by atoms with Crippen LogP contribution < -0.4 is 0 Å². The minimum absolute atomic E-state index is 0.283. The predicted molar refractivity (Wildman–Crippen MR) is 52.2 cm³/mol. The topological polar surface area (TPSA) is 28.7 Å². The average Bonchev–Trinajstić information content (AvgIpc) is 2.42. The summed E-state index contributed by atoms with van der Waals surface area (Å²) in [5.41, 5.74) is 1.43. The number of alkyl halides is 3. The van der Waals surface area contributed by atoms with Gasteiger partial charge < -0.3 is 4.98 Å². The number of aryl methyl sites for hydroxylation is 1. The highest BCUT2D eigenvalue weighted by atomic mass is 19.4. The Hall–Kier alpha value is -1.52. The second-order valence-corrected chi connectivity index (χ2v) is 3.27. The summed E-state index contributed by atoms with van der Waals surface area (Å²) in [5.74, 6) is -0.971. The molecule has 0 saturated carbocycles. The molecule has 0 aliphatic carbocycles. The lowest BCUT2D eigenvalue weighted by Crippen LogP contribution is -2.07. The van der Waals surface area contributed by atoms with Crippen LogP contribution in [0.3, 0.4) is 0 Å². The van der Waals surface area contributed by atoms with Crippen LogP contribution in [-0.4, -0.2) is 9.97 Å². The van der Waals surface area contributed by atoms with Crippen molar-refractivity contribution in [3.8, 4) is 0 Å². The van der Waals surface area contributed by atoms with Crippen molar-refractivity contribution in [1.82, 2.24) is 9.97 Å². The van der Waals surface area contributed by atoms with E-state index in [1.54, 1.807) is 19.9 Å². The van der Waals surface area contributed by atoms with E-state index in [1.807, 2.05) is 0 Å². The Morgan fingerprint density at radius 1 is 1.47 bits per heavy atom. The number of allylic oxidation sites excluding steroid dienone is 2. The van der Waals surface area contributed by atoms with Crippen molar-refractivity contribution in [2.45, 2.75) is 20.0 Å². The van der Waals surface area contributed by atoms with Gasteiger partial charge in [-0.2, -0.15) is 13.2 Å². The van der Waals surface area contributed by atoms with Crippen LogP contribution in [0.2, 0.25) is 0 Å². The van der Waals surface area contributed by atoms with Gasteiger partial charge in [0, 0.05) is 5.69 Å². The number of aromatic amines is 1. The lowest BCUT2D eigenvalue weighted by atomic mass is 10.2. The monoisotopic (exact) mass is 216 g/mol. The maximum absolute atomic E-state index is 12.2. The first kappa shape index (κ1) is 11.6. The first-order chi connectivity index (χ1) is 6.80. The molecule has 0 unspecified atom stereocenters. The van der Waals surface area contributed by atoms with E-state index >= 15 is 0 Å². The molecule has 0 bridgehead atoms. The zero-order valence-electron chi connectivity index (χ0n) is 8.44. The third kappa shape index (κ3) is 2.97. The lowest BCUT2D eigenvalue weighted by Gasteiger charge is -1.99. The summed E-state index contributed by atoms with van der Waals surface area (Å²) in [4.78, 5) is 5.64. The van der Waals surface area contributed by atoms with Crippen LogP contribution in [-0.2, 0) is 6.18 Å². The summed E-state index contributed by atoms with van der Waals surface area (Å²) >= 11 is 0. The second-order valence-electron chi connectivity index (χ2n) is 3.27. The van der Waals surface area contributed by atoms with Crippen LogP contribution in [0, 0.1) is 6.92 Å². The quantitative estimate of drug-likeness (QED) is 0.755. The Morgan fingerprint density at radius 2 is 2.07 bits per heavy atom. The van der Waals surface area contributed by atoms with Gasteiger partial charge in [0.25, 0.3) is 0 Å². The van der Waals surface area contributed by atoms with Gasteiger partial charge in [0.2, 0.25) is 5.82 Å². The van der Waals surface area contributed by atoms with E-state index in [9.17, 15) is 13.2 Å². The van der Waals surface area contributed by atoms with Crippen LogP contribution in [0.5, 0.6) is 0 Å². The molecule has 0 aliphatic heterocycles. The SMILES string of the molecule is C=C(C)/C=C\c1nc(C(F)(F)F)[nH]c1C. The highest BCUT2D eigenvalue weighted by molar-refractivity contribution is 5.51. The number of rotatable bonds is 2. The number of hydrogen-bond donors (Lipinski definition) is 1. The van der Waals surface area contributed by atoms with Gasteiger partial charge in [-0.15, -0.1) is 0 Å². The zero-order chi connectivity index (χ0) is 11.6. The highest BCUT2D eigenvalue weighted by Crippen LogP contribution is 2.27. The molecule has 5 heteroatoms. The smallest absolute Gasteiger partial charge is 0.338 e. The molecule has 0 aromatic carbocycles. The molecule has 1 rings (SSSR count). The molecular formula is C10H11F3N2. The van der Waals surface area contributed by atoms with Crippen molar-refractivity contribution in [2.75, 3.05) is 0 Å². The Bertz CT molecular complexity index is 399. The van der Waals surface area contributed by atoms with Crippen LogP contribution in [0.15, 0.2) is 18.2 Å². The fourth-order valence-electron chi connectivity index (χ4n) is 0.992. The minimum Gasteiger partial charge on any atom is -0.338 e. The summed E-state index contributed by atoms with van der Waals surface area (Å²) in [5, 5.41) is 0. The summed E-state index contributed by atoms with van der Waals surface area (Å²) in [6.45, 7) is 6.90.